The van der Waals surface area contributed by atoms with Crippen LogP contribution in [0.4, 0.5) is 10.8 Å². The van der Waals surface area contributed by atoms with Gasteiger partial charge in [0.1, 0.15) is 5.75 Å². The van der Waals surface area contributed by atoms with Crippen molar-refractivity contribution in [2.75, 3.05) is 24.7 Å². The van der Waals surface area contributed by atoms with Gasteiger partial charge in [-0.15, -0.1) is 16.6 Å². The van der Waals surface area contributed by atoms with E-state index < -0.39 is 0 Å². The predicted octanol–water partition coefficient (Wildman–Crippen LogP) is 2.13. The second kappa shape index (κ2) is 8.26. The normalized spacial score (nSPS) is 9.82. The number of rotatable bonds is 7. The molecule has 0 atom stereocenters. The summed E-state index contributed by atoms with van der Waals surface area (Å²) >= 11 is 2.68. The molecule has 22 heavy (non-hydrogen) atoms. The number of nitrogens with zero attached hydrogens (tertiary/aromatic N) is 2. The molecule has 1 heterocycles. The third kappa shape index (κ3) is 4.65. The number of ether oxygens (including phenoxy) is 1. The van der Waals surface area contributed by atoms with Gasteiger partial charge in [-0.05, 0) is 12.1 Å². The minimum Gasteiger partial charge on any atom is -0.495 e. The minimum absolute atomic E-state index is 0.127. The second-order valence-electron chi connectivity index (χ2n) is 3.97. The van der Waals surface area contributed by atoms with Crippen molar-refractivity contribution in [1.29, 1.82) is 0 Å². The molecule has 0 aliphatic rings. The fraction of sp³-hybridized carbons (Fsp3) is 0.214. The van der Waals surface area contributed by atoms with Crippen LogP contribution in [0.15, 0.2) is 28.6 Å². The average molecular weight is 334 g/mol. The van der Waals surface area contributed by atoms with Crippen LogP contribution in [0.2, 0.25) is 0 Å². The molecule has 2 N–H and O–H groups in total. The SMILES string of the molecule is C#CCNC(=O)CSc1nnc(Nc2ccccc2OC)s1. The van der Waals surface area contributed by atoms with Crippen molar-refractivity contribution in [3.05, 3.63) is 24.3 Å². The first kappa shape index (κ1) is 16.1. The highest BCUT2D eigenvalue weighted by Gasteiger charge is 2.09. The number of anilines is 2. The summed E-state index contributed by atoms with van der Waals surface area (Å²) in [6.45, 7) is 0.232. The molecular formula is C14H14N4O2S2. The molecule has 0 spiro atoms. The van der Waals surface area contributed by atoms with Crippen molar-refractivity contribution in [3.63, 3.8) is 0 Å². The Hall–Kier alpha value is -2.24. The summed E-state index contributed by atoms with van der Waals surface area (Å²) in [5.41, 5.74) is 0.810. The van der Waals surface area contributed by atoms with E-state index in [1.807, 2.05) is 24.3 Å². The van der Waals surface area contributed by atoms with E-state index in [1.54, 1.807) is 7.11 Å². The number of para-hydroxylation sites is 2. The van der Waals surface area contributed by atoms with Crippen LogP contribution in [0.25, 0.3) is 0 Å². The fourth-order valence-electron chi connectivity index (χ4n) is 1.51. The quantitative estimate of drug-likeness (QED) is 0.597. The molecule has 0 saturated heterocycles. The van der Waals surface area contributed by atoms with Crippen LogP contribution in [0.1, 0.15) is 0 Å². The lowest BCUT2D eigenvalue weighted by Crippen LogP contribution is -2.25. The zero-order chi connectivity index (χ0) is 15.8. The van der Waals surface area contributed by atoms with E-state index in [0.29, 0.717) is 9.47 Å². The maximum atomic E-state index is 11.5. The van der Waals surface area contributed by atoms with Gasteiger partial charge in [0.15, 0.2) is 4.34 Å². The lowest BCUT2D eigenvalue weighted by atomic mass is 10.3. The van der Waals surface area contributed by atoms with Crippen LogP contribution in [-0.4, -0.2) is 35.5 Å². The molecule has 1 aromatic carbocycles. The summed E-state index contributed by atoms with van der Waals surface area (Å²) in [6.07, 6.45) is 5.07. The number of thioether (sulfide) groups is 1. The first-order valence-corrected chi connectivity index (χ1v) is 8.09. The van der Waals surface area contributed by atoms with Gasteiger partial charge in [0.25, 0.3) is 0 Å². The molecule has 114 valence electrons. The van der Waals surface area contributed by atoms with Crippen molar-refractivity contribution in [2.24, 2.45) is 0 Å². The van der Waals surface area contributed by atoms with E-state index in [0.717, 1.165) is 11.4 Å². The largest absolute Gasteiger partial charge is 0.495 e. The number of hydrogen-bond acceptors (Lipinski definition) is 7. The summed E-state index contributed by atoms with van der Waals surface area (Å²) in [5.74, 6) is 3.20. The Bertz CT molecular complexity index is 681. The molecule has 0 aliphatic carbocycles. The monoisotopic (exact) mass is 334 g/mol. The number of carbonyl (C=O) groups is 1. The number of terminal acetylenes is 1. The van der Waals surface area contributed by atoms with Crippen molar-refractivity contribution in [2.45, 2.75) is 4.34 Å². The standard InChI is InChI=1S/C14H14N4O2S2/c1-3-8-15-12(19)9-21-14-18-17-13(22-14)16-10-6-4-5-7-11(10)20-2/h1,4-7H,8-9H2,2H3,(H,15,19)(H,16,17). The topological polar surface area (TPSA) is 76.1 Å². The van der Waals surface area contributed by atoms with Crippen molar-refractivity contribution in [1.82, 2.24) is 15.5 Å². The van der Waals surface area contributed by atoms with Gasteiger partial charge < -0.3 is 15.4 Å². The predicted molar refractivity (Wildman–Crippen MR) is 88.8 cm³/mol. The Kier molecular flexibility index (Phi) is 6.06. The number of aromatic nitrogens is 2. The number of carbonyl (C=O) groups excluding carboxylic acids is 1. The smallest absolute Gasteiger partial charge is 0.231 e. The Balaban J connectivity index is 1.91. The van der Waals surface area contributed by atoms with E-state index in [4.69, 9.17) is 11.2 Å². The van der Waals surface area contributed by atoms with Gasteiger partial charge in [0.2, 0.25) is 11.0 Å². The molecule has 0 unspecified atom stereocenters. The first-order valence-electron chi connectivity index (χ1n) is 6.29. The third-order valence-corrected chi connectivity index (χ3v) is 4.44. The van der Waals surface area contributed by atoms with Crippen molar-refractivity contribution >= 4 is 39.8 Å². The molecule has 0 fully saturated rings. The zero-order valence-corrected chi connectivity index (χ0v) is 13.5. The number of methoxy groups -OCH3 is 1. The highest BCUT2D eigenvalue weighted by molar-refractivity contribution is 8.01. The second-order valence-corrected chi connectivity index (χ2v) is 6.17. The maximum absolute atomic E-state index is 11.5. The third-order valence-electron chi connectivity index (χ3n) is 2.47. The number of benzene rings is 1. The maximum Gasteiger partial charge on any atom is 0.231 e. The lowest BCUT2D eigenvalue weighted by molar-refractivity contribution is -0.118. The Labute approximate surface area is 136 Å². The van der Waals surface area contributed by atoms with Gasteiger partial charge >= 0.3 is 0 Å². The summed E-state index contributed by atoms with van der Waals surface area (Å²) in [5, 5.41) is 14.4. The number of amides is 1. The van der Waals surface area contributed by atoms with Crippen LogP contribution in [0, 0.1) is 12.3 Å². The summed E-state index contributed by atoms with van der Waals surface area (Å²) in [4.78, 5) is 11.5. The molecule has 6 nitrogen and oxygen atoms in total. The van der Waals surface area contributed by atoms with E-state index in [9.17, 15) is 4.79 Å². The highest BCUT2D eigenvalue weighted by Crippen LogP contribution is 2.31. The minimum atomic E-state index is -0.127. The van der Waals surface area contributed by atoms with Gasteiger partial charge in [-0.3, -0.25) is 4.79 Å². The van der Waals surface area contributed by atoms with E-state index in [2.05, 4.69) is 26.8 Å². The summed E-state index contributed by atoms with van der Waals surface area (Å²) in [7, 11) is 1.61. The molecule has 1 aromatic heterocycles. The molecule has 8 heteroatoms. The highest BCUT2D eigenvalue weighted by atomic mass is 32.2. The van der Waals surface area contributed by atoms with Crippen molar-refractivity contribution in [3.8, 4) is 18.1 Å². The van der Waals surface area contributed by atoms with Crippen LogP contribution in [0.3, 0.4) is 0 Å². The van der Waals surface area contributed by atoms with Gasteiger partial charge in [0, 0.05) is 0 Å². The van der Waals surface area contributed by atoms with Gasteiger partial charge in [-0.2, -0.15) is 0 Å². The van der Waals surface area contributed by atoms with E-state index in [1.165, 1.54) is 23.1 Å². The molecule has 1 amide bonds. The van der Waals surface area contributed by atoms with Gasteiger partial charge in [-0.25, -0.2) is 0 Å². The van der Waals surface area contributed by atoms with Gasteiger partial charge in [-0.1, -0.05) is 41.2 Å². The molecule has 0 bridgehead atoms. The van der Waals surface area contributed by atoms with Crippen LogP contribution < -0.4 is 15.4 Å². The van der Waals surface area contributed by atoms with Crippen LogP contribution >= 0.6 is 23.1 Å². The van der Waals surface area contributed by atoms with Crippen LogP contribution in [0.5, 0.6) is 5.75 Å². The van der Waals surface area contributed by atoms with E-state index >= 15 is 0 Å². The van der Waals surface area contributed by atoms with Gasteiger partial charge in [0.05, 0.1) is 25.1 Å². The molecule has 2 aromatic rings. The van der Waals surface area contributed by atoms with Crippen LogP contribution in [-0.2, 0) is 4.79 Å². The molecular weight excluding hydrogens is 320 g/mol. The van der Waals surface area contributed by atoms with E-state index in [-0.39, 0.29) is 18.2 Å². The molecule has 0 aliphatic heterocycles. The Morgan fingerprint density at radius 2 is 2.27 bits per heavy atom. The Morgan fingerprint density at radius 3 is 3.05 bits per heavy atom. The fourth-order valence-corrected chi connectivity index (χ4v) is 3.10. The summed E-state index contributed by atoms with van der Waals surface area (Å²) in [6, 6.07) is 7.53. The number of nitrogens with one attached hydrogen (secondary N) is 2. The molecule has 0 radical (unpaired) electrons. The first-order chi connectivity index (χ1) is 10.7. The molecule has 2 rings (SSSR count). The van der Waals surface area contributed by atoms with Crippen molar-refractivity contribution < 1.29 is 9.53 Å². The zero-order valence-electron chi connectivity index (χ0n) is 11.8. The lowest BCUT2D eigenvalue weighted by Gasteiger charge is -2.07. The summed E-state index contributed by atoms with van der Waals surface area (Å²) < 4.78 is 5.96. The molecule has 0 saturated carbocycles. The Morgan fingerprint density at radius 1 is 1.45 bits per heavy atom. The average Bonchev–Trinajstić information content (AvgIpc) is 2.99. The number of hydrogen-bond donors (Lipinski definition) is 2.